The minimum atomic E-state index is -0.345. The second-order valence-electron chi connectivity index (χ2n) is 7.23. The number of benzene rings is 3. The van der Waals surface area contributed by atoms with E-state index in [4.69, 9.17) is 0 Å². The predicted molar refractivity (Wildman–Crippen MR) is 121 cm³/mol. The molecule has 0 saturated carbocycles. The van der Waals surface area contributed by atoms with Gasteiger partial charge in [-0.2, -0.15) is 0 Å². The Morgan fingerprint density at radius 3 is 2.52 bits per heavy atom. The van der Waals surface area contributed by atoms with Gasteiger partial charge in [-0.1, -0.05) is 24.3 Å². The number of carbonyl (C=O) groups is 1. The van der Waals surface area contributed by atoms with Gasteiger partial charge in [0.05, 0.1) is 0 Å². The Kier molecular flexibility index (Phi) is 5.71. The van der Waals surface area contributed by atoms with E-state index in [1.165, 1.54) is 17.7 Å². The molecule has 0 aliphatic rings. The minimum absolute atomic E-state index is 0.199. The van der Waals surface area contributed by atoms with Gasteiger partial charge in [0.15, 0.2) is 5.82 Å². The molecule has 0 radical (unpaired) electrons. The van der Waals surface area contributed by atoms with E-state index in [9.17, 15) is 9.18 Å². The Balaban J connectivity index is 1.51. The van der Waals surface area contributed by atoms with Crippen LogP contribution in [0.3, 0.4) is 0 Å². The normalized spacial score (nSPS) is 10.5. The van der Waals surface area contributed by atoms with E-state index in [-0.39, 0.29) is 11.7 Å². The number of rotatable bonds is 5. The van der Waals surface area contributed by atoms with E-state index in [1.807, 2.05) is 38.1 Å². The first-order valence-electron chi connectivity index (χ1n) is 9.82. The van der Waals surface area contributed by atoms with Gasteiger partial charge in [0.25, 0.3) is 5.91 Å². The highest BCUT2D eigenvalue weighted by Crippen LogP contribution is 2.21. The van der Waals surface area contributed by atoms with Crippen LogP contribution in [-0.2, 0) is 0 Å². The number of anilines is 3. The van der Waals surface area contributed by atoms with Crippen LogP contribution in [0.4, 0.5) is 21.6 Å². The van der Waals surface area contributed by atoms with Crippen LogP contribution in [0.2, 0.25) is 0 Å². The molecule has 0 atom stereocenters. The summed E-state index contributed by atoms with van der Waals surface area (Å²) in [6.07, 6.45) is 1.60. The molecule has 4 rings (SSSR count). The predicted octanol–water partition coefficient (Wildman–Crippen LogP) is 5.90. The second kappa shape index (κ2) is 8.75. The van der Waals surface area contributed by atoms with Gasteiger partial charge < -0.3 is 10.6 Å². The topological polar surface area (TPSA) is 66.9 Å². The van der Waals surface area contributed by atoms with Crippen LogP contribution in [0.25, 0.3) is 11.4 Å². The number of aryl methyl sites for hydroxylation is 2. The van der Waals surface area contributed by atoms with Crippen molar-refractivity contribution in [3.05, 3.63) is 102 Å². The fourth-order valence-corrected chi connectivity index (χ4v) is 3.10. The van der Waals surface area contributed by atoms with E-state index in [1.54, 1.807) is 42.6 Å². The summed E-state index contributed by atoms with van der Waals surface area (Å²) < 4.78 is 13.5. The summed E-state index contributed by atoms with van der Waals surface area (Å²) in [4.78, 5) is 21.4. The lowest BCUT2D eigenvalue weighted by Gasteiger charge is -2.10. The maximum absolute atomic E-state index is 13.5. The third kappa shape index (κ3) is 4.93. The van der Waals surface area contributed by atoms with Crippen LogP contribution in [0.15, 0.2) is 79.0 Å². The van der Waals surface area contributed by atoms with Crippen LogP contribution < -0.4 is 10.6 Å². The van der Waals surface area contributed by atoms with Gasteiger partial charge in [0.2, 0.25) is 0 Å². The first-order valence-corrected chi connectivity index (χ1v) is 9.82. The minimum Gasteiger partial charge on any atom is -0.340 e. The molecule has 154 valence electrons. The molecule has 0 aliphatic heterocycles. The highest BCUT2D eigenvalue weighted by Gasteiger charge is 2.09. The zero-order valence-electron chi connectivity index (χ0n) is 17.2. The molecular formula is C25H21FN4O. The first kappa shape index (κ1) is 20.2. The number of hydrogen-bond acceptors (Lipinski definition) is 4. The smallest absolute Gasteiger partial charge is 0.255 e. The average molecular weight is 412 g/mol. The average Bonchev–Trinajstić information content (AvgIpc) is 2.77. The van der Waals surface area contributed by atoms with Gasteiger partial charge in [-0.3, -0.25) is 4.79 Å². The molecular weight excluding hydrogens is 391 g/mol. The molecule has 4 aromatic rings. The molecule has 1 heterocycles. The molecule has 3 aromatic carbocycles. The largest absolute Gasteiger partial charge is 0.340 e. The lowest BCUT2D eigenvalue weighted by atomic mass is 10.1. The van der Waals surface area contributed by atoms with Crippen molar-refractivity contribution in [2.45, 2.75) is 13.8 Å². The first-order chi connectivity index (χ1) is 15.0. The summed E-state index contributed by atoms with van der Waals surface area (Å²) in [7, 11) is 0. The number of nitrogens with one attached hydrogen (secondary N) is 2. The summed E-state index contributed by atoms with van der Waals surface area (Å²) in [5, 5.41) is 6.10. The molecule has 6 heteroatoms. The molecule has 1 aromatic heterocycles. The van der Waals surface area contributed by atoms with Crippen molar-refractivity contribution >= 4 is 23.1 Å². The van der Waals surface area contributed by atoms with Crippen molar-refractivity contribution in [1.29, 1.82) is 0 Å². The molecule has 2 N–H and O–H groups in total. The fourth-order valence-electron chi connectivity index (χ4n) is 3.10. The van der Waals surface area contributed by atoms with Crippen LogP contribution >= 0.6 is 0 Å². The summed E-state index contributed by atoms with van der Waals surface area (Å²) in [6, 6.07) is 20.8. The SMILES string of the molecule is Cc1ccc(NC(=O)c2cccc(Nc3ccnc(-c4cccc(F)c4)n3)c2)cc1C. The lowest BCUT2D eigenvalue weighted by Crippen LogP contribution is -2.12. The van der Waals surface area contributed by atoms with Gasteiger partial charge in [-0.25, -0.2) is 14.4 Å². The van der Waals surface area contributed by atoms with Crippen molar-refractivity contribution in [3.63, 3.8) is 0 Å². The number of nitrogens with zero attached hydrogens (tertiary/aromatic N) is 2. The zero-order valence-corrected chi connectivity index (χ0v) is 17.2. The molecule has 1 amide bonds. The Bertz CT molecular complexity index is 1260. The summed E-state index contributed by atoms with van der Waals surface area (Å²) in [5.74, 6) is 0.408. The molecule has 0 fully saturated rings. The van der Waals surface area contributed by atoms with Crippen LogP contribution in [0.5, 0.6) is 0 Å². The maximum atomic E-state index is 13.5. The van der Waals surface area contributed by atoms with Crippen molar-refractivity contribution in [2.24, 2.45) is 0 Å². The monoisotopic (exact) mass is 412 g/mol. The van der Waals surface area contributed by atoms with E-state index < -0.39 is 0 Å². The quantitative estimate of drug-likeness (QED) is 0.429. The highest BCUT2D eigenvalue weighted by molar-refractivity contribution is 6.04. The van der Waals surface area contributed by atoms with Crippen molar-refractivity contribution in [3.8, 4) is 11.4 Å². The molecule has 0 unspecified atom stereocenters. The molecule has 31 heavy (non-hydrogen) atoms. The van der Waals surface area contributed by atoms with Gasteiger partial charge in [0, 0.05) is 28.7 Å². The Labute approximate surface area is 180 Å². The third-order valence-corrected chi connectivity index (χ3v) is 4.90. The van der Waals surface area contributed by atoms with Crippen molar-refractivity contribution in [1.82, 2.24) is 9.97 Å². The van der Waals surface area contributed by atoms with Gasteiger partial charge in [0.1, 0.15) is 11.6 Å². The van der Waals surface area contributed by atoms with Gasteiger partial charge in [-0.15, -0.1) is 0 Å². The van der Waals surface area contributed by atoms with Crippen molar-refractivity contribution in [2.75, 3.05) is 10.6 Å². The number of aromatic nitrogens is 2. The van der Waals surface area contributed by atoms with E-state index in [0.717, 1.165) is 11.3 Å². The van der Waals surface area contributed by atoms with E-state index >= 15 is 0 Å². The van der Waals surface area contributed by atoms with Crippen molar-refractivity contribution < 1.29 is 9.18 Å². The zero-order chi connectivity index (χ0) is 21.8. The molecule has 0 bridgehead atoms. The fraction of sp³-hybridized carbons (Fsp3) is 0.0800. The van der Waals surface area contributed by atoms with E-state index in [0.29, 0.717) is 28.5 Å². The van der Waals surface area contributed by atoms with E-state index in [2.05, 4.69) is 20.6 Å². The Morgan fingerprint density at radius 1 is 0.871 bits per heavy atom. The standard InChI is InChI=1S/C25H21FN4O/c1-16-9-10-22(13-17(16)2)29-25(31)19-6-4-8-21(15-19)28-23-11-12-27-24(30-23)18-5-3-7-20(26)14-18/h3-15H,1-2H3,(H,29,31)(H,27,28,30). The van der Waals surface area contributed by atoms with Crippen LogP contribution in [-0.4, -0.2) is 15.9 Å². The second-order valence-corrected chi connectivity index (χ2v) is 7.23. The number of amides is 1. The molecule has 0 saturated heterocycles. The highest BCUT2D eigenvalue weighted by atomic mass is 19.1. The number of carbonyl (C=O) groups excluding carboxylic acids is 1. The lowest BCUT2D eigenvalue weighted by molar-refractivity contribution is 0.102. The summed E-state index contributed by atoms with van der Waals surface area (Å²) >= 11 is 0. The molecule has 5 nitrogen and oxygen atoms in total. The summed E-state index contributed by atoms with van der Waals surface area (Å²) in [5.41, 5.74) is 4.85. The van der Waals surface area contributed by atoms with Gasteiger partial charge in [-0.05, 0) is 73.5 Å². The Hall–Kier alpha value is -4.06. The third-order valence-electron chi connectivity index (χ3n) is 4.90. The Morgan fingerprint density at radius 2 is 1.71 bits per heavy atom. The molecule has 0 aliphatic carbocycles. The summed E-state index contributed by atoms with van der Waals surface area (Å²) in [6.45, 7) is 4.04. The number of halogens is 1. The number of hydrogen-bond donors (Lipinski definition) is 2. The van der Waals surface area contributed by atoms with Crippen LogP contribution in [0.1, 0.15) is 21.5 Å². The maximum Gasteiger partial charge on any atom is 0.255 e. The molecule has 0 spiro atoms. The van der Waals surface area contributed by atoms with Crippen LogP contribution in [0, 0.1) is 19.7 Å². The van der Waals surface area contributed by atoms with Gasteiger partial charge >= 0.3 is 0 Å².